The third-order valence-corrected chi connectivity index (χ3v) is 6.43. The topological polar surface area (TPSA) is 137 Å². The third kappa shape index (κ3) is 3.77. The van der Waals surface area contributed by atoms with Crippen LogP contribution in [0.15, 0.2) is 46.3 Å². The zero-order chi connectivity index (χ0) is 20.3. The van der Waals surface area contributed by atoms with Crippen LogP contribution in [0.25, 0.3) is 0 Å². The van der Waals surface area contributed by atoms with Gasteiger partial charge in [0.2, 0.25) is 0 Å². The minimum Gasteiger partial charge on any atom is -0.358 e. The molecule has 4 rings (SSSR count). The molecule has 0 amide bonds. The standard InChI is InChI=1S/C18H17BN6S.CH5N/c20-7-13-5-12(6-14(22)17(13)23)16-9-25-8-15(24-18(25)26-16)11-1-3-19(10-21)4-2-11;1-2/h5-6,8-9,11,18,22-24H,1-4H2;2H2,1H3. The molecular weight excluding hydrogens is 369 g/mol. The molecule has 9 heteroatoms. The van der Waals surface area contributed by atoms with Crippen LogP contribution in [0.5, 0.6) is 0 Å². The smallest absolute Gasteiger partial charge is 0.267 e. The van der Waals surface area contributed by atoms with Gasteiger partial charge in [-0.25, -0.2) is 5.26 Å². The summed E-state index contributed by atoms with van der Waals surface area (Å²) in [5.41, 5.74) is 6.95. The molecule has 1 fully saturated rings. The normalized spacial score (nSPS) is 23.9. The Hall–Kier alpha value is -2.75. The molecule has 3 aliphatic heterocycles. The molecular formula is C19H22BN7S. The highest BCUT2D eigenvalue weighted by molar-refractivity contribution is 8.04. The van der Waals surface area contributed by atoms with Gasteiger partial charge in [0.05, 0.1) is 17.0 Å². The van der Waals surface area contributed by atoms with Crippen LogP contribution in [-0.4, -0.2) is 35.6 Å². The van der Waals surface area contributed by atoms with Gasteiger partial charge in [-0.15, -0.1) is 0 Å². The lowest BCUT2D eigenvalue weighted by Gasteiger charge is -2.25. The first-order valence-electron chi connectivity index (χ1n) is 9.22. The largest absolute Gasteiger partial charge is 0.358 e. The van der Waals surface area contributed by atoms with E-state index < -0.39 is 0 Å². The zero-order valence-electron chi connectivity index (χ0n) is 15.7. The van der Waals surface area contributed by atoms with Crippen molar-refractivity contribution in [3.63, 3.8) is 0 Å². The lowest BCUT2D eigenvalue weighted by molar-refractivity contribution is 0.471. The van der Waals surface area contributed by atoms with E-state index in [0.717, 1.165) is 36.0 Å². The van der Waals surface area contributed by atoms with E-state index in [1.807, 2.05) is 12.3 Å². The molecule has 0 spiro atoms. The number of nitrogens with one attached hydrogen (secondary N) is 3. The molecule has 1 unspecified atom stereocenters. The molecule has 28 heavy (non-hydrogen) atoms. The molecule has 0 aromatic heterocycles. The summed E-state index contributed by atoms with van der Waals surface area (Å²) in [4.78, 5) is 3.13. The predicted molar refractivity (Wildman–Crippen MR) is 114 cm³/mol. The molecule has 0 aromatic rings. The van der Waals surface area contributed by atoms with Crippen LogP contribution in [0.1, 0.15) is 12.8 Å². The van der Waals surface area contributed by atoms with Crippen molar-refractivity contribution in [3.8, 4) is 12.0 Å². The van der Waals surface area contributed by atoms with Crippen molar-refractivity contribution in [3.05, 3.63) is 46.3 Å². The number of thioether (sulfide) groups is 1. The number of nitrogens with zero attached hydrogens (tertiary/aromatic N) is 3. The van der Waals surface area contributed by atoms with E-state index in [2.05, 4.69) is 28.1 Å². The molecule has 0 bridgehead atoms. The van der Waals surface area contributed by atoms with Gasteiger partial charge in [-0.05, 0) is 30.7 Å². The fraction of sp³-hybridized carbons (Fsp3) is 0.368. The maximum Gasteiger partial charge on any atom is 0.267 e. The first-order valence-corrected chi connectivity index (χ1v) is 10.1. The van der Waals surface area contributed by atoms with Gasteiger partial charge in [-0.3, -0.25) is 10.8 Å². The summed E-state index contributed by atoms with van der Waals surface area (Å²) in [5.74, 6) is 2.88. The molecule has 5 N–H and O–H groups in total. The molecule has 0 saturated carbocycles. The fourth-order valence-corrected chi connectivity index (χ4v) is 4.85. The Morgan fingerprint density at radius 2 is 1.93 bits per heavy atom. The number of allylic oxidation sites excluding steroid dienone is 5. The number of fused-ring (bicyclic) bond motifs is 1. The fourth-order valence-electron chi connectivity index (χ4n) is 3.74. The molecule has 7 nitrogen and oxygen atoms in total. The third-order valence-electron chi connectivity index (χ3n) is 5.25. The van der Waals surface area contributed by atoms with E-state index >= 15 is 0 Å². The van der Waals surface area contributed by atoms with Gasteiger partial charge in [-0.2, -0.15) is 5.26 Å². The van der Waals surface area contributed by atoms with Crippen molar-refractivity contribution in [2.24, 2.45) is 11.7 Å². The zero-order valence-corrected chi connectivity index (χ0v) is 16.5. The van der Waals surface area contributed by atoms with Crippen LogP contribution in [-0.2, 0) is 0 Å². The average molecular weight is 391 g/mol. The number of nitrogens with two attached hydrogens (primary N) is 1. The van der Waals surface area contributed by atoms with Crippen LogP contribution < -0.4 is 11.1 Å². The summed E-state index contributed by atoms with van der Waals surface area (Å²) < 4.78 is 0. The molecule has 1 saturated heterocycles. The molecule has 0 radical (unpaired) electrons. The summed E-state index contributed by atoms with van der Waals surface area (Å²) in [7, 11) is 1.50. The highest BCUT2D eigenvalue weighted by Crippen LogP contribution is 2.42. The van der Waals surface area contributed by atoms with Crippen molar-refractivity contribution < 1.29 is 0 Å². The summed E-state index contributed by atoms with van der Waals surface area (Å²) in [6.07, 6.45) is 11.6. The van der Waals surface area contributed by atoms with Gasteiger partial charge in [0, 0.05) is 29.0 Å². The first-order chi connectivity index (χ1) is 13.6. The van der Waals surface area contributed by atoms with Gasteiger partial charge in [0.25, 0.3) is 6.71 Å². The lowest BCUT2D eigenvalue weighted by atomic mass is 9.41. The quantitative estimate of drug-likeness (QED) is 0.422. The Bertz CT molecular complexity index is 894. The van der Waals surface area contributed by atoms with Crippen molar-refractivity contribution in [2.45, 2.75) is 31.0 Å². The number of rotatable bonds is 2. The van der Waals surface area contributed by atoms with Crippen molar-refractivity contribution in [1.82, 2.24) is 10.2 Å². The minimum absolute atomic E-state index is 0.0198. The predicted octanol–water partition coefficient (Wildman–Crippen LogP) is 2.58. The van der Waals surface area contributed by atoms with Crippen molar-refractivity contribution >= 4 is 29.9 Å². The number of hydrogen-bond donors (Lipinski definition) is 4. The Balaban J connectivity index is 0.00000109. The molecule has 0 aromatic carbocycles. The highest BCUT2D eigenvalue weighted by atomic mass is 32.2. The summed E-state index contributed by atoms with van der Waals surface area (Å²) >= 11 is 1.66. The highest BCUT2D eigenvalue weighted by Gasteiger charge is 2.35. The number of hydrogen-bond acceptors (Lipinski definition) is 8. The average Bonchev–Trinajstić information content (AvgIpc) is 3.31. The maximum atomic E-state index is 9.15. The van der Waals surface area contributed by atoms with Crippen molar-refractivity contribution in [2.75, 3.05) is 7.05 Å². The minimum atomic E-state index is -0.0198. The van der Waals surface area contributed by atoms with E-state index in [-0.39, 0.29) is 29.2 Å². The summed E-state index contributed by atoms with van der Waals surface area (Å²) in [6, 6.07) is 2.00. The van der Waals surface area contributed by atoms with Crippen LogP contribution in [0.2, 0.25) is 12.6 Å². The Morgan fingerprint density at radius 1 is 1.21 bits per heavy atom. The summed E-state index contributed by atoms with van der Waals surface area (Å²) in [5, 5.41) is 37.4. The molecule has 1 aliphatic carbocycles. The van der Waals surface area contributed by atoms with Gasteiger partial charge in [-0.1, -0.05) is 37.2 Å². The SMILES string of the molecule is CN.N#CB1CCC(C2=CN3C=C(C4=CC(=N)C(=N)C(C#N)=C4)SC3N2)CC1. The number of nitriles is 2. The Morgan fingerprint density at radius 3 is 2.54 bits per heavy atom. The first kappa shape index (κ1) is 20.0. The second-order valence-corrected chi connectivity index (χ2v) is 8.00. The molecule has 142 valence electrons. The second kappa shape index (κ2) is 8.51. The van der Waals surface area contributed by atoms with Gasteiger partial charge >= 0.3 is 0 Å². The van der Waals surface area contributed by atoms with Gasteiger partial charge in [0.15, 0.2) is 5.50 Å². The van der Waals surface area contributed by atoms with Crippen LogP contribution in [0.4, 0.5) is 0 Å². The van der Waals surface area contributed by atoms with Crippen LogP contribution in [0.3, 0.4) is 0 Å². The Kier molecular flexibility index (Phi) is 6.08. The van der Waals surface area contributed by atoms with Gasteiger partial charge < -0.3 is 16.0 Å². The second-order valence-electron chi connectivity index (χ2n) is 6.88. The lowest BCUT2D eigenvalue weighted by Crippen LogP contribution is -2.30. The van der Waals surface area contributed by atoms with Crippen LogP contribution in [0, 0.1) is 39.3 Å². The molecule has 3 heterocycles. The van der Waals surface area contributed by atoms with E-state index in [9.17, 15) is 0 Å². The van der Waals surface area contributed by atoms with E-state index in [0.29, 0.717) is 5.92 Å². The Labute approximate surface area is 169 Å². The van der Waals surface area contributed by atoms with E-state index in [4.69, 9.17) is 21.3 Å². The van der Waals surface area contributed by atoms with E-state index in [1.54, 1.807) is 23.9 Å². The van der Waals surface area contributed by atoms with Crippen LogP contribution >= 0.6 is 11.8 Å². The summed E-state index contributed by atoms with van der Waals surface area (Å²) in [6.45, 7) is 0.210. The molecule has 1 atom stereocenters. The molecule has 4 aliphatic rings. The van der Waals surface area contributed by atoms with E-state index in [1.165, 1.54) is 12.7 Å². The monoisotopic (exact) mass is 391 g/mol. The van der Waals surface area contributed by atoms with Gasteiger partial charge in [0.1, 0.15) is 6.07 Å². The van der Waals surface area contributed by atoms with Crippen molar-refractivity contribution in [1.29, 1.82) is 21.3 Å². The maximum absolute atomic E-state index is 9.15.